The fourth-order valence-electron chi connectivity index (χ4n) is 3.04. The maximum absolute atomic E-state index is 12.5. The molecule has 1 aromatic rings. The molecule has 0 aliphatic carbocycles. The highest BCUT2D eigenvalue weighted by Gasteiger charge is 2.39. The number of cyclic esters (lactones) is 1. The molecule has 0 unspecified atom stereocenters. The highest BCUT2D eigenvalue weighted by molar-refractivity contribution is 6.33. The lowest BCUT2D eigenvalue weighted by molar-refractivity contribution is -0.114. The molecule has 134 valence electrons. The standard InChI is InChI=1S/C18H19ClO6/c1-9-6-15-14(25-15)5-3-2-4-10(20)7-11-16(18(23)24-9)12(21)8-13(22)17(11)19/h2,4,8-9,14-15,21-22H,3,5-7H2,1H3/t9-,14-,15-/m1/s1. The Balaban J connectivity index is 1.98. The summed E-state index contributed by atoms with van der Waals surface area (Å²) in [6.07, 6.45) is 4.74. The number of allylic oxidation sites excluding steroid dienone is 2. The molecule has 0 radical (unpaired) electrons. The summed E-state index contributed by atoms with van der Waals surface area (Å²) in [6.45, 7) is 1.74. The van der Waals surface area contributed by atoms with Crippen LogP contribution in [0.2, 0.25) is 5.02 Å². The Labute approximate surface area is 150 Å². The summed E-state index contributed by atoms with van der Waals surface area (Å²) in [5.74, 6) is -1.95. The van der Waals surface area contributed by atoms with Crippen molar-refractivity contribution in [2.45, 2.75) is 50.9 Å². The van der Waals surface area contributed by atoms with E-state index in [1.165, 1.54) is 6.08 Å². The second kappa shape index (κ2) is 7.06. The van der Waals surface area contributed by atoms with Gasteiger partial charge in [-0.15, -0.1) is 0 Å². The van der Waals surface area contributed by atoms with Gasteiger partial charge in [-0.3, -0.25) is 4.79 Å². The molecule has 25 heavy (non-hydrogen) atoms. The molecule has 2 aliphatic heterocycles. The quantitative estimate of drug-likeness (QED) is 0.541. The van der Waals surface area contributed by atoms with E-state index in [2.05, 4.69) is 0 Å². The van der Waals surface area contributed by atoms with E-state index in [4.69, 9.17) is 21.1 Å². The number of carbonyl (C=O) groups excluding carboxylic acids is 2. The Morgan fingerprint density at radius 3 is 2.72 bits per heavy atom. The van der Waals surface area contributed by atoms with Crippen LogP contribution in [0.5, 0.6) is 11.5 Å². The average molecular weight is 367 g/mol. The van der Waals surface area contributed by atoms with Gasteiger partial charge >= 0.3 is 5.97 Å². The molecule has 2 aliphatic rings. The molecule has 7 heteroatoms. The lowest BCUT2D eigenvalue weighted by Crippen LogP contribution is -2.20. The van der Waals surface area contributed by atoms with Crippen LogP contribution < -0.4 is 0 Å². The maximum atomic E-state index is 12.5. The summed E-state index contributed by atoms with van der Waals surface area (Å²) >= 11 is 6.07. The van der Waals surface area contributed by atoms with Crippen molar-refractivity contribution >= 4 is 23.4 Å². The number of fused-ring (bicyclic) bond motifs is 2. The lowest BCUT2D eigenvalue weighted by atomic mass is 9.99. The summed E-state index contributed by atoms with van der Waals surface area (Å²) in [5.41, 5.74) is -0.134. The fraction of sp³-hybridized carbons (Fsp3) is 0.444. The number of hydrogen-bond acceptors (Lipinski definition) is 6. The number of ether oxygens (including phenoxy) is 2. The number of aromatic hydroxyl groups is 2. The zero-order valence-corrected chi connectivity index (χ0v) is 14.5. The van der Waals surface area contributed by atoms with Gasteiger partial charge in [0.2, 0.25) is 0 Å². The van der Waals surface area contributed by atoms with Crippen molar-refractivity contribution < 1.29 is 29.3 Å². The van der Waals surface area contributed by atoms with Gasteiger partial charge < -0.3 is 19.7 Å². The molecule has 0 amide bonds. The van der Waals surface area contributed by atoms with E-state index in [-0.39, 0.29) is 40.6 Å². The van der Waals surface area contributed by atoms with Gasteiger partial charge in [-0.05, 0) is 25.8 Å². The lowest BCUT2D eigenvalue weighted by Gasteiger charge is -2.16. The van der Waals surface area contributed by atoms with Crippen LogP contribution in [-0.4, -0.2) is 40.3 Å². The Morgan fingerprint density at radius 1 is 1.20 bits per heavy atom. The van der Waals surface area contributed by atoms with Crippen LogP contribution in [0, 0.1) is 0 Å². The van der Waals surface area contributed by atoms with Crippen LogP contribution in [0.3, 0.4) is 0 Å². The zero-order chi connectivity index (χ0) is 18.1. The molecular weight excluding hydrogens is 348 g/mol. The Morgan fingerprint density at radius 2 is 1.96 bits per heavy atom. The summed E-state index contributed by atoms with van der Waals surface area (Å²) < 4.78 is 10.9. The van der Waals surface area contributed by atoms with Crippen molar-refractivity contribution in [1.29, 1.82) is 0 Å². The van der Waals surface area contributed by atoms with Crippen molar-refractivity contribution in [2.24, 2.45) is 0 Å². The minimum atomic E-state index is -0.784. The van der Waals surface area contributed by atoms with Gasteiger partial charge in [0.05, 0.1) is 17.2 Å². The third kappa shape index (κ3) is 3.96. The monoisotopic (exact) mass is 366 g/mol. The van der Waals surface area contributed by atoms with Gasteiger partial charge in [-0.25, -0.2) is 4.79 Å². The Hall–Kier alpha value is -2.05. The number of rotatable bonds is 0. The molecular formula is C18H19ClO6. The molecule has 1 saturated heterocycles. The fourth-order valence-corrected chi connectivity index (χ4v) is 3.26. The molecule has 0 bridgehead atoms. The molecule has 1 fully saturated rings. The van der Waals surface area contributed by atoms with Crippen LogP contribution in [0.25, 0.3) is 0 Å². The van der Waals surface area contributed by atoms with Crippen LogP contribution in [0.1, 0.15) is 42.1 Å². The molecule has 2 N–H and O–H groups in total. The molecule has 6 nitrogen and oxygen atoms in total. The van der Waals surface area contributed by atoms with Gasteiger partial charge in [-0.1, -0.05) is 17.7 Å². The summed E-state index contributed by atoms with van der Waals surface area (Å²) in [5, 5.41) is 19.8. The molecule has 0 spiro atoms. The number of esters is 1. The highest BCUT2D eigenvalue weighted by Crippen LogP contribution is 2.38. The van der Waals surface area contributed by atoms with E-state index in [0.717, 1.165) is 12.5 Å². The van der Waals surface area contributed by atoms with Crippen LogP contribution in [0.4, 0.5) is 0 Å². The first-order chi connectivity index (χ1) is 11.9. The number of hydrogen-bond donors (Lipinski definition) is 2. The van der Waals surface area contributed by atoms with Gasteiger partial charge in [0.25, 0.3) is 0 Å². The zero-order valence-electron chi connectivity index (χ0n) is 13.7. The van der Waals surface area contributed by atoms with Crippen molar-refractivity contribution in [3.8, 4) is 11.5 Å². The Kier molecular flexibility index (Phi) is 5.01. The van der Waals surface area contributed by atoms with E-state index < -0.39 is 23.6 Å². The van der Waals surface area contributed by atoms with Gasteiger partial charge in [0, 0.05) is 24.5 Å². The van der Waals surface area contributed by atoms with Crippen LogP contribution in [-0.2, 0) is 20.7 Å². The first-order valence-electron chi connectivity index (χ1n) is 8.16. The number of phenols is 2. The second-order valence-corrected chi connectivity index (χ2v) is 6.75. The highest BCUT2D eigenvalue weighted by atomic mass is 35.5. The van der Waals surface area contributed by atoms with E-state index in [1.807, 2.05) is 0 Å². The maximum Gasteiger partial charge on any atom is 0.342 e. The molecule has 3 rings (SSSR count). The molecule has 2 heterocycles. The van der Waals surface area contributed by atoms with Crippen molar-refractivity contribution in [3.63, 3.8) is 0 Å². The minimum Gasteiger partial charge on any atom is -0.507 e. The summed E-state index contributed by atoms with van der Waals surface area (Å²) in [4.78, 5) is 24.7. The van der Waals surface area contributed by atoms with Gasteiger partial charge in [0.15, 0.2) is 5.78 Å². The second-order valence-electron chi connectivity index (χ2n) is 6.37. The summed E-state index contributed by atoms with van der Waals surface area (Å²) in [7, 11) is 0. The third-order valence-electron chi connectivity index (χ3n) is 4.36. The minimum absolute atomic E-state index is 0.0336. The van der Waals surface area contributed by atoms with E-state index >= 15 is 0 Å². The van der Waals surface area contributed by atoms with Gasteiger partial charge in [-0.2, -0.15) is 0 Å². The van der Waals surface area contributed by atoms with E-state index in [1.54, 1.807) is 13.0 Å². The first-order valence-corrected chi connectivity index (χ1v) is 8.53. The third-order valence-corrected chi connectivity index (χ3v) is 4.78. The predicted molar refractivity (Wildman–Crippen MR) is 90.0 cm³/mol. The smallest absolute Gasteiger partial charge is 0.342 e. The van der Waals surface area contributed by atoms with Crippen molar-refractivity contribution in [1.82, 2.24) is 0 Å². The number of epoxide rings is 1. The van der Waals surface area contributed by atoms with E-state index in [9.17, 15) is 19.8 Å². The van der Waals surface area contributed by atoms with Crippen LogP contribution in [0.15, 0.2) is 18.2 Å². The largest absolute Gasteiger partial charge is 0.507 e. The number of halogens is 1. The molecule has 3 atom stereocenters. The number of phenolic OH excluding ortho intramolecular Hbond substituents is 2. The van der Waals surface area contributed by atoms with Crippen molar-refractivity contribution in [2.75, 3.05) is 0 Å². The normalized spacial score (nSPS) is 27.0. The average Bonchev–Trinajstić information content (AvgIpc) is 3.25. The Bertz CT molecular complexity index is 742. The van der Waals surface area contributed by atoms with Crippen LogP contribution >= 0.6 is 11.6 Å². The molecule has 0 aromatic heterocycles. The SMILES string of the molecule is C[C@@H]1C[C@H]2O[C@@H]2CCC=CC(=O)Cc2c(Cl)c(O)cc(O)c2C(=O)O1. The molecule has 1 aromatic carbocycles. The number of carbonyl (C=O) groups is 2. The van der Waals surface area contributed by atoms with E-state index in [0.29, 0.717) is 12.8 Å². The van der Waals surface area contributed by atoms with Crippen molar-refractivity contribution in [3.05, 3.63) is 34.4 Å². The topological polar surface area (TPSA) is 96.4 Å². The molecule has 0 saturated carbocycles. The van der Waals surface area contributed by atoms with Gasteiger partial charge in [0.1, 0.15) is 23.2 Å². The number of ketones is 1. The summed E-state index contributed by atoms with van der Waals surface area (Å²) in [6, 6.07) is 0.969. The predicted octanol–water partition coefficient (Wildman–Crippen LogP) is 2.92. The first kappa shape index (κ1) is 17.8. The number of benzene rings is 1.